The van der Waals surface area contributed by atoms with Crippen LogP contribution in [-0.4, -0.2) is 31.3 Å². The Morgan fingerprint density at radius 2 is 2.06 bits per heavy atom. The van der Waals surface area contributed by atoms with Crippen LogP contribution in [0.3, 0.4) is 0 Å². The number of anilines is 1. The van der Waals surface area contributed by atoms with Crippen molar-refractivity contribution in [3.8, 4) is 11.3 Å². The molecule has 2 N–H and O–H groups in total. The van der Waals surface area contributed by atoms with Crippen molar-refractivity contribution in [1.29, 1.82) is 0 Å². The van der Waals surface area contributed by atoms with Gasteiger partial charge in [0, 0.05) is 29.1 Å². The number of carbonyl (C=O) groups is 2. The van der Waals surface area contributed by atoms with Crippen LogP contribution in [0.2, 0.25) is 4.34 Å². The molecule has 3 aromatic heterocycles. The molecule has 0 radical (unpaired) electrons. The number of aromatic nitrogens is 3. The molecule has 164 valence electrons. The average Bonchev–Trinajstić information content (AvgIpc) is 3.32. The molecule has 10 heteroatoms. The highest BCUT2D eigenvalue weighted by Gasteiger charge is 2.27. The molecular weight excluding hydrogens is 440 g/mol. The molecule has 31 heavy (non-hydrogen) atoms. The fourth-order valence-corrected chi connectivity index (χ4v) is 3.60. The normalized spacial score (nSPS) is 12.9. The molecule has 3 rings (SSSR count). The lowest BCUT2D eigenvalue weighted by atomic mass is 9.96. The predicted octanol–water partition coefficient (Wildman–Crippen LogP) is 4.20. The highest BCUT2D eigenvalue weighted by molar-refractivity contribution is 7.16. The molecular formula is C21H23ClN4O4S. The number of nitrogens with zero attached hydrogens (tertiary/aromatic N) is 3. The number of carboxylic acid groups (broad SMARTS) is 1. The second-order valence-corrected chi connectivity index (χ2v) is 9.51. The average molecular weight is 465 g/mol. The van der Waals surface area contributed by atoms with E-state index in [1.165, 1.54) is 22.9 Å². The van der Waals surface area contributed by atoms with Crippen molar-refractivity contribution in [3.05, 3.63) is 56.1 Å². The Kier molecular flexibility index (Phi) is 5.86. The molecule has 0 spiro atoms. The van der Waals surface area contributed by atoms with Crippen LogP contribution in [0.1, 0.15) is 39.6 Å². The zero-order chi connectivity index (χ0) is 24.6. The smallest absolute Gasteiger partial charge is 0.305 e. The first-order chi connectivity index (χ1) is 15.3. The van der Waals surface area contributed by atoms with Crippen molar-refractivity contribution >= 4 is 40.6 Å². The molecule has 3 heterocycles. The quantitative estimate of drug-likeness (QED) is 0.542. The molecule has 0 amide bonds. The van der Waals surface area contributed by atoms with Gasteiger partial charge in [0.25, 0.3) is 11.5 Å². The van der Waals surface area contributed by atoms with Crippen LogP contribution in [0, 0.1) is 5.41 Å². The summed E-state index contributed by atoms with van der Waals surface area (Å²) in [6.45, 7) is 3.03. The third-order valence-corrected chi connectivity index (χ3v) is 5.44. The van der Waals surface area contributed by atoms with E-state index < -0.39 is 29.3 Å². The minimum atomic E-state index is -2.07. The maximum atomic E-state index is 13.1. The Hall–Kier alpha value is -2.91. The number of pyridine rings is 1. The zero-order valence-electron chi connectivity index (χ0n) is 19.2. The Morgan fingerprint density at radius 3 is 2.68 bits per heavy atom. The maximum absolute atomic E-state index is 13.1. The van der Waals surface area contributed by atoms with Gasteiger partial charge >= 0.3 is 5.97 Å². The number of thiophene rings is 1. The molecule has 0 fully saturated rings. The zero-order valence-corrected chi connectivity index (χ0v) is 18.8. The minimum Gasteiger partial charge on any atom is -0.481 e. The summed E-state index contributed by atoms with van der Waals surface area (Å²) in [5.41, 5.74) is -0.987. The molecule has 8 nitrogen and oxygen atoms in total. The van der Waals surface area contributed by atoms with Gasteiger partial charge in [0.1, 0.15) is 11.5 Å². The number of aliphatic carboxylic acids is 1. The van der Waals surface area contributed by atoms with Crippen LogP contribution in [0.5, 0.6) is 0 Å². The largest absolute Gasteiger partial charge is 0.481 e. The molecule has 0 saturated carbocycles. The summed E-state index contributed by atoms with van der Waals surface area (Å²) in [6.07, 6.45) is 1.25. The van der Waals surface area contributed by atoms with Crippen molar-refractivity contribution in [2.24, 2.45) is 5.41 Å². The second kappa shape index (κ2) is 9.07. The fraction of sp³-hybridized carbons (Fsp3) is 0.333. The van der Waals surface area contributed by atoms with Crippen molar-refractivity contribution in [3.63, 3.8) is 0 Å². The molecule has 0 bridgehead atoms. The Morgan fingerprint density at radius 1 is 1.32 bits per heavy atom. The van der Waals surface area contributed by atoms with Gasteiger partial charge in [0.2, 0.25) is 0 Å². The number of halogens is 1. The van der Waals surface area contributed by atoms with Gasteiger partial charge in [-0.05, 0) is 24.3 Å². The van der Waals surface area contributed by atoms with Crippen molar-refractivity contribution in [2.45, 2.75) is 40.2 Å². The fourth-order valence-electron chi connectivity index (χ4n) is 2.71. The van der Waals surface area contributed by atoms with Crippen LogP contribution in [-0.2, 0) is 17.8 Å². The first-order valence-corrected chi connectivity index (χ1v) is 10.6. The van der Waals surface area contributed by atoms with Crippen molar-refractivity contribution in [2.75, 3.05) is 5.32 Å². The standard InChI is InChI=1S/C21H23ClN4O4S/c1-21(2,3)20(30)26-17(23-12-13-6-7-16(22)31-13)11-15(24-26)14-5-4-9-25(19(14)29)10-8-18(27)28/h4-7,9,11,23H,8,10,12H2,1-3H3,(H,27,28)/i12D2. The summed E-state index contributed by atoms with van der Waals surface area (Å²) >= 11 is 7.01. The van der Waals surface area contributed by atoms with Gasteiger partial charge in [-0.3, -0.25) is 14.4 Å². The van der Waals surface area contributed by atoms with Gasteiger partial charge < -0.3 is 15.0 Å². The van der Waals surface area contributed by atoms with E-state index in [9.17, 15) is 14.4 Å². The topological polar surface area (TPSA) is 106 Å². The number of carboxylic acids is 1. The highest BCUT2D eigenvalue weighted by atomic mass is 35.5. The molecule has 0 saturated heterocycles. The highest BCUT2D eigenvalue weighted by Crippen LogP contribution is 2.26. The van der Waals surface area contributed by atoms with Gasteiger partial charge in [-0.1, -0.05) is 32.4 Å². The maximum Gasteiger partial charge on any atom is 0.305 e. The molecule has 0 aliphatic heterocycles. The molecule has 0 aromatic carbocycles. The second-order valence-electron chi connectivity index (χ2n) is 7.80. The van der Waals surface area contributed by atoms with Gasteiger partial charge in [-0.2, -0.15) is 9.78 Å². The van der Waals surface area contributed by atoms with Crippen LogP contribution in [0.15, 0.2) is 41.3 Å². The van der Waals surface area contributed by atoms with Crippen molar-refractivity contribution < 1.29 is 17.4 Å². The van der Waals surface area contributed by atoms with Crippen LogP contribution in [0.25, 0.3) is 11.3 Å². The monoisotopic (exact) mass is 464 g/mol. The van der Waals surface area contributed by atoms with E-state index in [4.69, 9.17) is 19.4 Å². The number of carbonyl (C=O) groups excluding carboxylic acids is 1. The van der Waals surface area contributed by atoms with Gasteiger partial charge in [0.05, 0.1) is 25.6 Å². The van der Waals surface area contributed by atoms with Gasteiger partial charge in [0.15, 0.2) is 0 Å². The van der Waals surface area contributed by atoms with E-state index >= 15 is 0 Å². The summed E-state index contributed by atoms with van der Waals surface area (Å²) in [7, 11) is 0. The Labute approximate surface area is 190 Å². The molecule has 0 unspecified atom stereocenters. The molecule has 0 aliphatic carbocycles. The van der Waals surface area contributed by atoms with Gasteiger partial charge in [-0.15, -0.1) is 11.3 Å². The number of hydrogen-bond donors (Lipinski definition) is 2. The molecule has 3 aromatic rings. The van der Waals surface area contributed by atoms with Crippen LogP contribution < -0.4 is 10.9 Å². The first kappa shape index (κ1) is 20.0. The third-order valence-electron chi connectivity index (χ3n) is 4.29. The SMILES string of the molecule is [2H]C([2H])(Nc1cc(-c2cccn(CCC(=O)O)c2=O)nn1C(=O)C(C)(C)C)c1ccc(Cl)s1. The third kappa shape index (κ3) is 5.42. The van der Waals surface area contributed by atoms with E-state index in [-0.39, 0.29) is 30.0 Å². The Balaban J connectivity index is 2.08. The van der Waals surface area contributed by atoms with Crippen LogP contribution >= 0.6 is 22.9 Å². The lowest BCUT2D eigenvalue weighted by Gasteiger charge is -2.18. The van der Waals surface area contributed by atoms with E-state index in [1.54, 1.807) is 39.0 Å². The number of nitrogens with one attached hydrogen (secondary N) is 1. The summed E-state index contributed by atoms with van der Waals surface area (Å²) < 4.78 is 19.6. The number of rotatable bonds is 7. The lowest BCUT2D eigenvalue weighted by Crippen LogP contribution is -2.29. The van der Waals surface area contributed by atoms with Crippen LogP contribution in [0.4, 0.5) is 5.82 Å². The number of aryl methyl sites for hydroxylation is 1. The summed E-state index contributed by atoms with van der Waals surface area (Å²) in [5, 5.41) is 15.9. The van der Waals surface area contributed by atoms with E-state index in [0.29, 0.717) is 9.21 Å². The predicted molar refractivity (Wildman–Crippen MR) is 121 cm³/mol. The lowest BCUT2D eigenvalue weighted by molar-refractivity contribution is -0.137. The summed E-state index contributed by atoms with van der Waals surface area (Å²) in [4.78, 5) is 37.2. The van der Waals surface area contributed by atoms with Crippen molar-refractivity contribution in [1.82, 2.24) is 14.3 Å². The number of hydrogen-bond acceptors (Lipinski definition) is 6. The minimum absolute atomic E-state index is 0.0174. The van der Waals surface area contributed by atoms with E-state index in [0.717, 1.165) is 16.0 Å². The molecule has 0 atom stereocenters. The summed E-state index contributed by atoms with van der Waals surface area (Å²) in [5.74, 6) is -1.37. The Bertz CT molecular complexity index is 1260. The van der Waals surface area contributed by atoms with E-state index in [2.05, 4.69) is 10.4 Å². The van der Waals surface area contributed by atoms with E-state index in [1.807, 2.05) is 0 Å². The summed E-state index contributed by atoms with van der Waals surface area (Å²) in [6, 6.07) is 7.66. The first-order valence-electron chi connectivity index (χ1n) is 10.4. The molecule has 0 aliphatic rings. The van der Waals surface area contributed by atoms with Gasteiger partial charge in [-0.25, -0.2) is 0 Å².